The Morgan fingerprint density at radius 2 is 1.57 bits per heavy atom. The molecule has 0 saturated heterocycles. The van der Waals surface area contributed by atoms with E-state index in [1.807, 2.05) is 20.8 Å². The molecule has 0 heterocycles. The summed E-state index contributed by atoms with van der Waals surface area (Å²) in [5.74, 6) is -0.611. The second kappa shape index (κ2) is 9.49. The van der Waals surface area contributed by atoms with E-state index in [1.54, 1.807) is 31.2 Å². The molecule has 0 aliphatic heterocycles. The number of anilines is 1. The van der Waals surface area contributed by atoms with Crippen molar-refractivity contribution in [3.63, 3.8) is 0 Å². The van der Waals surface area contributed by atoms with Crippen molar-refractivity contribution in [3.05, 3.63) is 59.1 Å². The third kappa shape index (κ3) is 6.74. The zero-order valence-electron chi connectivity index (χ0n) is 17.4. The SMILES string of the molecule is CCN(CC(=O)NC(C)(C)C)C(=O)c1ccc(S(=O)(=O)Nc2ccc(Cl)cc2)cc1. The van der Waals surface area contributed by atoms with Gasteiger partial charge in [-0.25, -0.2) is 8.42 Å². The molecule has 2 aromatic rings. The highest BCUT2D eigenvalue weighted by atomic mass is 35.5. The van der Waals surface area contributed by atoms with Crippen LogP contribution in [0.3, 0.4) is 0 Å². The largest absolute Gasteiger partial charge is 0.350 e. The Balaban J connectivity index is 2.12. The maximum atomic E-state index is 12.7. The molecule has 2 N–H and O–H groups in total. The van der Waals surface area contributed by atoms with E-state index in [9.17, 15) is 18.0 Å². The number of hydrogen-bond acceptors (Lipinski definition) is 4. The summed E-state index contributed by atoms with van der Waals surface area (Å²) in [5.41, 5.74) is 0.277. The first-order valence-corrected chi connectivity index (χ1v) is 11.3. The Kier molecular flexibility index (Phi) is 7.49. The lowest BCUT2D eigenvalue weighted by atomic mass is 10.1. The van der Waals surface area contributed by atoms with E-state index in [0.29, 0.717) is 22.8 Å². The van der Waals surface area contributed by atoms with Gasteiger partial charge in [0.15, 0.2) is 0 Å². The van der Waals surface area contributed by atoms with Crippen molar-refractivity contribution < 1.29 is 18.0 Å². The van der Waals surface area contributed by atoms with Crippen LogP contribution in [0.15, 0.2) is 53.4 Å². The molecule has 2 aromatic carbocycles. The molecular formula is C21H26ClN3O4S. The smallest absolute Gasteiger partial charge is 0.261 e. The average Bonchev–Trinajstić information content (AvgIpc) is 2.66. The van der Waals surface area contributed by atoms with Gasteiger partial charge in [0, 0.05) is 28.4 Å². The highest BCUT2D eigenvalue weighted by Gasteiger charge is 2.21. The van der Waals surface area contributed by atoms with Gasteiger partial charge in [-0.15, -0.1) is 0 Å². The third-order valence-corrected chi connectivity index (χ3v) is 5.68. The van der Waals surface area contributed by atoms with Crippen LogP contribution >= 0.6 is 11.6 Å². The molecule has 0 aliphatic carbocycles. The standard InChI is InChI=1S/C21H26ClN3O4S/c1-5-25(14-19(26)23-21(2,3)4)20(27)15-6-12-18(13-7-15)30(28,29)24-17-10-8-16(22)9-11-17/h6-13,24H,5,14H2,1-4H3,(H,23,26). The van der Waals surface area contributed by atoms with Crippen LogP contribution in [0.5, 0.6) is 0 Å². The molecular weight excluding hydrogens is 426 g/mol. The van der Waals surface area contributed by atoms with Gasteiger partial charge in [-0.3, -0.25) is 14.3 Å². The molecule has 0 saturated carbocycles. The van der Waals surface area contributed by atoms with E-state index in [1.165, 1.54) is 29.2 Å². The molecule has 162 valence electrons. The van der Waals surface area contributed by atoms with Gasteiger partial charge in [-0.05, 0) is 76.2 Å². The molecule has 7 nitrogen and oxygen atoms in total. The maximum Gasteiger partial charge on any atom is 0.261 e. The van der Waals surface area contributed by atoms with Gasteiger partial charge in [0.2, 0.25) is 5.91 Å². The summed E-state index contributed by atoms with van der Waals surface area (Å²) in [7, 11) is -3.82. The molecule has 0 unspecified atom stereocenters. The van der Waals surface area contributed by atoms with Crippen LogP contribution in [0.25, 0.3) is 0 Å². The molecule has 0 fully saturated rings. The fraction of sp³-hybridized carbons (Fsp3) is 0.333. The van der Waals surface area contributed by atoms with Crippen LogP contribution < -0.4 is 10.0 Å². The van der Waals surface area contributed by atoms with E-state index < -0.39 is 15.6 Å². The quantitative estimate of drug-likeness (QED) is 0.673. The summed E-state index contributed by atoms with van der Waals surface area (Å²) in [6, 6.07) is 11.8. The van der Waals surface area contributed by atoms with E-state index in [2.05, 4.69) is 10.0 Å². The zero-order valence-corrected chi connectivity index (χ0v) is 19.0. The minimum Gasteiger partial charge on any atom is -0.350 e. The molecule has 0 aromatic heterocycles. The van der Waals surface area contributed by atoms with Crippen LogP contribution in [0, 0.1) is 0 Å². The minimum atomic E-state index is -3.82. The van der Waals surface area contributed by atoms with Gasteiger partial charge in [-0.2, -0.15) is 0 Å². The summed E-state index contributed by atoms with van der Waals surface area (Å²) < 4.78 is 27.5. The highest BCUT2D eigenvalue weighted by molar-refractivity contribution is 7.92. The van der Waals surface area contributed by atoms with Crippen molar-refractivity contribution in [3.8, 4) is 0 Å². The van der Waals surface area contributed by atoms with Crippen molar-refractivity contribution in [1.82, 2.24) is 10.2 Å². The van der Waals surface area contributed by atoms with Gasteiger partial charge in [0.25, 0.3) is 15.9 Å². The number of nitrogens with zero attached hydrogens (tertiary/aromatic N) is 1. The number of halogens is 1. The summed E-state index contributed by atoms with van der Waals surface area (Å²) in [4.78, 5) is 26.3. The number of carbonyl (C=O) groups excluding carboxylic acids is 2. The monoisotopic (exact) mass is 451 g/mol. The van der Waals surface area contributed by atoms with Crippen LogP contribution in [-0.2, 0) is 14.8 Å². The molecule has 30 heavy (non-hydrogen) atoms. The Bertz CT molecular complexity index is 998. The molecule has 2 rings (SSSR count). The number of hydrogen-bond donors (Lipinski definition) is 2. The van der Waals surface area contributed by atoms with Gasteiger partial charge in [-0.1, -0.05) is 11.6 Å². The molecule has 0 spiro atoms. The zero-order chi connectivity index (χ0) is 22.5. The summed E-state index contributed by atoms with van der Waals surface area (Å²) in [5, 5.41) is 3.31. The van der Waals surface area contributed by atoms with E-state index in [-0.39, 0.29) is 23.3 Å². The number of amides is 2. The molecule has 0 radical (unpaired) electrons. The van der Waals surface area contributed by atoms with Gasteiger partial charge in [0.05, 0.1) is 11.4 Å². The van der Waals surface area contributed by atoms with Crippen molar-refractivity contribution in [1.29, 1.82) is 0 Å². The summed E-state index contributed by atoms with van der Waals surface area (Å²) in [6.45, 7) is 7.62. The number of benzene rings is 2. The van der Waals surface area contributed by atoms with Crippen LogP contribution in [-0.4, -0.2) is 43.8 Å². The van der Waals surface area contributed by atoms with Gasteiger partial charge < -0.3 is 10.2 Å². The molecule has 2 amide bonds. The van der Waals surface area contributed by atoms with Crippen LogP contribution in [0.2, 0.25) is 5.02 Å². The lowest BCUT2D eigenvalue weighted by molar-refractivity contribution is -0.123. The Hall–Kier alpha value is -2.58. The Morgan fingerprint density at radius 3 is 2.07 bits per heavy atom. The van der Waals surface area contributed by atoms with E-state index in [4.69, 9.17) is 11.6 Å². The van der Waals surface area contributed by atoms with E-state index >= 15 is 0 Å². The third-order valence-electron chi connectivity index (χ3n) is 4.03. The maximum absolute atomic E-state index is 12.7. The Morgan fingerprint density at radius 1 is 1.00 bits per heavy atom. The number of sulfonamides is 1. The first kappa shape index (κ1) is 23.7. The lowest BCUT2D eigenvalue weighted by Gasteiger charge is -2.25. The van der Waals surface area contributed by atoms with Crippen molar-refractivity contribution in [2.24, 2.45) is 0 Å². The fourth-order valence-corrected chi connectivity index (χ4v) is 3.83. The molecule has 0 atom stereocenters. The van der Waals surface area contributed by atoms with Gasteiger partial charge in [0.1, 0.15) is 0 Å². The predicted molar refractivity (Wildman–Crippen MR) is 118 cm³/mol. The second-order valence-corrected chi connectivity index (χ2v) is 9.87. The summed E-state index contributed by atoms with van der Waals surface area (Å²) >= 11 is 5.81. The topological polar surface area (TPSA) is 95.6 Å². The second-order valence-electron chi connectivity index (χ2n) is 7.75. The predicted octanol–water partition coefficient (Wildman–Crippen LogP) is 3.52. The Labute approximate surface area is 182 Å². The first-order valence-electron chi connectivity index (χ1n) is 9.40. The number of nitrogens with one attached hydrogen (secondary N) is 2. The molecule has 9 heteroatoms. The van der Waals surface area contributed by atoms with Crippen molar-refractivity contribution in [2.75, 3.05) is 17.8 Å². The summed E-state index contributed by atoms with van der Waals surface area (Å²) in [6.07, 6.45) is 0. The number of carbonyl (C=O) groups is 2. The minimum absolute atomic E-state index is 0.0162. The van der Waals surface area contributed by atoms with Crippen molar-refractivity contribution in [2.45, 2.75) is 38.1 Å². The molecule has 0 bridgehead atoms. The van der Waals surface area contributed by atoms with Crippen LogP contribution in [0.4, 0.5) is 5.69 Å². The lowest BCUT2D eigenvalue weighted by Crippen LogP contribution is -2.47. The first-order chi connectivity index (χ1) is 13.9. The van der Waals surface area contributed by atoms with Gasteiger partial charge >= 0.3 is 0 Å². The highest BCUT2D eigenvalue weighted by Crippen LogP contribution is 2.19. The normalized spacial score (nSPS) is 11.6. The fourth-order valence-electron chi connectivity index (χ4n) is 2.65. The van der Waals surface area contributed by atoms with E-state index in [0.717, 1.165) is 0 Å². The van der Waals surface area contributed by atoms with Crippen molar-refractivity contribution >= 4 is 39.1 Å². The molecule has 0 aliphatic rings. The number of rotatable bonds is 7. The van der Waals surface area contributed by atoms with Crippen LogP contribution in [0.1, 0.15) is 38.1 Å². The average molecular weight is 452 g/mol. The number of likely N-dealkylation sites (N-methyl/N-ethyl adjacent to an activating group) is 1.